The second kappa shape index (κ2) is 9.75. The highest BCUT2D eigenvalue weighted by molar-refractivity contribution is 9.11. The Morgan fingerprint density at radius 1 is 1.06 bits per heavy atom. The Kier molecular flexibility index (Phi) is 7.29. The molecule has 0 aromatic heterocycles. The summed E-state index contributed by atoms with van der Waals surface area (Å²) in [7, 11) is 1.25. The monoisotopic (exact) mass is 614 g/mol. The molecule has 31 heavy (non-hydrogen) atoms. The Hall–Kier alpha value is -2.50. The van der Waals surface area contributed by atoms with Gasteiger partial charge in [0, 0.05) is 4.47 Å². The van der Waals surface area contributed by atoms with E-state index in [0.717, 1.165) is 9.37 Å². The third-order valence-electron chi connectivity index (χ3n) is 4.08. The average molecular weight is 617 g/mol. The summed E-state index contributed by atoms with van der Waals surface area (Å²) in [6.45, 7) is -0.292. The molecule has 1 aliphatic heterocycles. The summed E-state index contributed by atoms with van der Waals surface area (Å²) in [6.07, 6.45) is 1.36. The number of benzene rings is 2. The second-order valence-corrected chi connectivity index (χ2v) is 8.74. The lowest BCUT2D eigenvalue weighted by Gasteiger charge is -2.26. The van der Waals surface area contributed by atoms with Gasteiger partial charge in [-0.3, -0.25) is 14.9 Å². The van der Waals surface area contributed by atoms with Crippen LogP contribution in [0.3, 0.4) is 0 Å². The summed E-state index contributed by atoms with van der Waals surface area (Å²) in [6, 6.07) is 8.89. The van der Waals surface area contributed by atoms with E-state index in [0.29, 0.717) is 25.9 Å². The van der Waals surface area contributed by atoms with Gasteiger partial charge in [-0.15, -0.1) is 0 Å². The summed E-state index contributed by atoms with van der Waals surface area (Å²) >= 11 is 9.97. The molecule has 4 amide bonds. The number of halogens is 3. The smallest absolute Gasteiger partial charge is 0.343 e. The molecule has 3 rings (SSSR count). The standard InChI is InChI=1S/C20H13Br3N2O6/c1-30-16(26)9-31-17-14(22)7-10(8-15(17)23)6-13-18(27)24-20(29)25(19(13)28)12-4-2-11(21)3-5-12/h2-8H,9H2,1H3,(H,24,27,29)/b13-6+. The van der Waals surface area contributed by atoms with Crippen molar-refractivity contribution in [2.24, 2.45) is 0 Å². The van der Waals surface area contributed by atoms with Gasteiger partial charge >= 0.3 is 12.0 Å². The number of nitrogens with zero attached hydrogens (tertiary/aromatic N) is 1. The number of methoxy groups -OCH3 is 1. The van der Waals surface area contributed by atoms with Gasteiger partial charge in [-0.2, -0.15) is 0 Å². The van der Waals surface area contributed by atoms with Gasteiger partial charge < -0.3 is 9.47 Å². The van der Waals surface area contributed by atoms with Gasteiger partial charge in [0.05, 0.1) is 21.7 Å². The number of nitrogens with one attached hydrogen (secondary N) is 1. The number of imide groups is 2. The van der Waals surface area contributed by atoms with Crippen LogP contribution in [0, 0.1) is 0 Å². The summed E-state index contributed by atoms with van der Waals surface area (Å²) in [4.78, 5) is 49.7. The number of anilines is 1. The Labute approximate surface area is 201 Å². The first-order valence-corrected chi connectivity index (χ1v) is 10.9. The van der Waals surface area contributed by atoms with Crippen LogP contribution in [0.1, 0.15) is 5.56 Å². The molecule has 0 radical (unpaired) electrons. The second-order valence-electron chi connectivity index (χ2n) is 6.11. The van der Waals surface area contributed by atoms with Gasteiger partial charge in [0.15, 0.2) is 6.61 Å². The van der Waals surface area contributed by atoms with Crippen LogP contribution in [0.5, 0.6) is 5.75 Å². The number of urea groups is 1. The fraction of sp³-hybridized carbons (Fsp3) is 0.100. The van der Waals surface area contributed by atoms with Crippen LogP contribution in [0.15, 0.2) is 55.4 Å². The molecule has 11 heteroatoms. The lowest BCUT2D eigenvalue weighted by Crippen LogP contribution is -2.54. The molecule has 0 saturated carbocycles. The first-order chi connectivity index (χ1) is 14.7. The lowest BCUT2D eigenvalue weighted by molar-refractivity contribution is -0.143. The fourth-order valence-corrected chi connectivity index (χ4v) is 4.35. The first kappa shape index (κ1) is 23.2. The Balaban J connectivity index is 1.93. The van der Waals surface area contributed by atoms with Crippen molar-refractivity contribution < 1.29 is 28.7 Å². The van der Waals surface area contributed by atoms with E-state index < -0.39 is 23.8 Å². The summed E-state index contributed by atoms with van der Waals surface area (Å²) in [5, 5.41) is 2.17. The van der Waals surface area contributed by atoms with E-state index in [4.69, 9.17) is 4.74 Å². The first-order valence-electron chi connectivity index (χ1n) is 8.57. The number of amides is 4. The fourth-order valence-electron chi connectivity index (χ4n) is 2.64. The highest BCUT2D eigenvalue weighted by Gasteiger charge is 2.36. The van der Waals surface area contributed by atoms with Crippen LogP contribution in [0.4, 0.5) is 10.5 Å². The minimum Gasteiger partial charge on any atom is -0.480 e. The van der Waals surface area contributed by atoms with Gasteiger partial charge in [0.2, 0.25) is 0 Å². The quantitative estimate of drug-likeness (QED) is 0.307. The summed E-state index contributed by atoms with van der Waals surface area (Å²) in [5.41, 5.74) is 0.579. The van der Waals surface area contributed by atoms with Crippen LogP contribution in [-0.4, -0.2) is 37.5 Å². The minimum absolute atomic E-state index is 0.218. The van der Waals surface area contributed by atoms with Gasteiger partial charge in [0.25, 0.3) is 11.8 Å². The zero-order valence-electron chi connectivity index (χ0n) is 15.8. The maximum absolute atomic E-state index is 12.9. The van der Waals surface area contributed by atoms with Crippen molar-refractivity contribution in [2.45, 2.75) is 0 Å². The molecule has 2 aromatic rings. The van der Waals surface area contributed by atoms with E-state index in [1.807, 2.05) is 0 Å². The molecule has 1 fully saturated rings. The van der Waals surface area contributed by atoms with E-state index in [-0.39, 0.29) is 12.2 Å². The summed E-state index contributed by atoms with van der Waals surface area (Å²) < 4.78 is 11.7. The van der Waals surface area contributed by atoms with Crippen molar-refractivity contribution >= 4 is 83.4 Å². The molecular weight excluding hydrogens is 604 g/mol. The number of barbiturate groups is 1. The van der Waals surface area contributed by atoms with E-state index in [1.165, 1.54) is 13.2 Å². The van der Waals surface area contributed by atoms with Crippen molar-refractivity contribution in [2.75, 3.05) is 18.6 Å². The third kappa shape index (κ3) is 5.23. The molecule has 8 nitrogen and oxygen atoms in total. The van der Waals surface area contributed by atoms with Gasteiger partial charge in [-0.05, 0) is 79.9 Å². The molecule has 2 aromatic carbocycles. The van der Waals surface area contributed by atoms with Crippen molar-refractivity contribution in [1.82, 2.24) is 5.32 Å². The topological polar surface area (TPSA) is 102 Å². The molecule has 1 heterocycles. The SMILES string of the molecule is COC(=O)COc1c(Br)cc(/C=C2\C(=O)NC(=O)N(c3ccc(Br)cc3)C2=O)cc1Br. The zero-order chi connectivity index (χ0) is 22.7. The van der Waals surface area contributed by atoms with Gasteiger partial charge in [-0.25, -0.2) is 14.5 Å². The van der Waals surface area contributed by atoms with E-state index >= 15 is 0 Å². The molecule has 1 aliphatic rings. The third-order valence-corrected chi connectivity index (χ3v) is 5.79. The zero-order valence-corrected chi connectivity index (χ0v) is 20.5. The largest absolute Gasteiger partial charge is 0.480 e. The van der Waals surface area contributed by atoms with E-state index in [1.54, 1.807) is 36.4 Å². The Bertz CT molecular complexity index is 1090. The van der Waals surface area contributed by atoms with Gasteiger partial charge in [-0.1, -0.05) is 15.9 Å². The van der Waals surface area contributed by atoms with Crippen LogP contribution < -0.4 is 15.0 Å². The number of carbonyl (C=O) groups excluding carboxylic acids is 4. The molecule has 0 unspecified atom stereocenters. The lowest BCUT2D eigenvalue weighted by atomic mass is 10.1. The molecule has 0 spiro atoms. The highest BCUT2D eigenvalue weighted by atomic mass is 79.9. The van der Waals surface area contributed by atoms with Crippen molar-refractivity contribution in [3.05, 3.63) is 61.0 Å². The van der Waals surface area contributed by atoms with E-state index in [2.05, 4.69) is 57.8 Å². The van der Waals surface area contributed by atoms with Crippen molar-refractivity contribution in [1.29, 1.82) is 0 Å². The maximum atomic E-state index is 12.9. The normalized spacial score (nSPS) is 15.2. The number of hydrogen-bond acceptors (Lipinski definition) is 6. The minimum atomic E-state index is -0.830. The molecule has 160 valence electrons. The maximum Gasteiger partial charge on any atom is 0.343 e. The molecule has 0 bridgehead atoms. The van der Waals surface area contributed by atoms with E-state index in [9.17, 15) is 19.2 Å². The number of ether oxygens (including phenoxy) is 2. The average Bonchev–Trinajstić information content (AvgIpc) is 2.71. The Morgan fingerprint density at radius 3 is 2.26 bits per heavy atom. The molecular formula is C20H13Br3N2O6. The number of rotatable bonds is 5. The highest BCUT2D eigenvalue weighted by Crippen LogP contribution is 2.36. The molecule has 0 aliphatic carbocycles. The number of esters is 1. The number of carbonyl (C=O) groups is 4. The van der Waals surface area contributed by atoms with Crippen LogP contribution in [0.25, 0.3) is 6.08 Å². The van der Waals surface area contributed by atoms with Gasteiger partial charge in [0.1, 0.15) is 11.3 Å². The number of hydrogen-bond donors (Lipinski definition) is 1. The molecule has 1 saturated heterocycles. The predicted molar refractivity (Wildman–Crippen MR) is 122 cm³/mol. The van der Waals surface area contributed by atoms with Crippen molar-refractivity contribution in [3.8, 4) is 5.75 Å². The predicted octanol–water partition coefficient (Wildman–Crippen LogP) is 4.19. The molecule has 1 N–H and O–H groups in total. The van der Waals surface area contributed by atoms with Crippen LogP contribution >= 0.6 is 47.8 Å². The summed E-state index contributed by atoms with van der Waals surface area (Å²) in [5.74, 6) is -1.76. The van der Waals surface area contributed by atoms with Crippen molar-refractivity contribution in [3.63, 3.8) is 0 Å². The Morgan fingerprint density at radius 2 is 1.68 bits per heavy atom. The molecule has 0 atom stereocenters. The van der Waals surface area contributed by atoms with Crippen LogP contribution in [0.2, 0.25) is 0 Å². The van der Waals surface area contributed by atoms with Crippen LogP contribution in [-0.2, 0) is 19.1 Å².